The second-order valence-corrected chi connectivity index (χ2v) is 8.22. The molecular weight excluding hydrogens is 344 g/mol. The summed E-state index contributed by atoms with van der Waals surface area (Å²) in [5.74, 6) is 1.65. The van der Waals surface area contributed by atoms with Gasteiger partial charge in [-0.05, 0) is 92.8 Å². The molecule has 0 aromatic heterocycles. The number of rotatable bonds is 11. The fourth-order valence-corrected chi connectivity index (χ4v) is 3.93. The Hall–Kier alpha value is -2.09. The molecule has 2 heteroatoms. The van der Waals surface area contributed by atoms with Gasteiger partial charge in [0.1, 0.15) is 12.0 Å². The molecule has 0 unspecified atom stereocenters. The van der Waals surface area contributed by atoms with Crippen LogP contribution in [0.2, 0.25) is 0 Å². The third-order valence-electron chi connectivity index (χ3n) is 5.68. The van der Waals surface area contributed by atoms with E-state index in [9.17, 15) is 4.79 Å². The number of aryl methyl sites for hydroxylation is 4. The van der Waals surface area contributed by atoms with Crippen molar-refractivity contribution in [2.45, 2.75) is 73.1 Å². The summed E-state index contributed by atoms with van der Waals surface area (Å²) >= 11 is 0. The molecule has 0 saturated heterocycles. The van der Waals surface area contributed by atoms with Crippen LogP contribution in [0.25, 0.3) is 0 Å². The molecule has 1 atom stereocenters. The molecule has 0 heterocycles. The topological polar surface area (TPSA) is 26.3 Å². The lowest BCUT2D eigenvalue weighted by Gasteiger charge is -2.18. The van der Waals surface area contributed by atoms with Crippen molar-refractivity contribution in [3.05, 3.63) is 63.7 Å². The molecule has 0 bridgehead atoms. The second-order valence-electron chi connectivity index (χ2n) is 8.22. The van der Waals surface area contributed by atoms with Crippen LogP contribution in [-0.2, 0) is 6.42 Å². The van der Waals surface area contributed by atoms with Crippen molar-refractivity contribution in [3.8, 4) is 5.75 Å². The van der Waals surface area contributed by atoms with Crippen molar-refractivity contribution in [1.82, 2.24) is 0 Å². The quantitative estimate of drug-likeness (QED) is 0.312. The number of aldehydes is 1. The molecule has 0 amide bonds. The summed E-state index contributed by atoms with van der Waals surface area (Å²) in [5, 5.41) is 0. The molecule has 28 heavy (non-hydrogen) atoms. The zero-order valence-corrected chi connectivity index (χ0v) is 18.3. The molecule has 2 nitrogen and oxygen atoms in total. The summed E-state index contributed by atoms with van der Waals surface area (Å²) in [6, 6.07) is 10.7. The average Bonchev–Trinajstić information content (AvgIpc) is 2.67. The third-order valence-corrected chi connectivity index (χ3v) is 5.68. The first-order chi connectivity index (χ1) is 13.4. The molecule has 0 aliphatic heterocycles. The summed E-state index contributed by atoms with van der Waals surface area (Å²) in [7, 11) is 0. The maximum atomic E-state index is 11.0. The lowest BCUT2D eigenvalue weighted by atomic mass is 9.89. The van der Waals surface area contributed by atoms with Crippen LogP contribution in [0.15, 0.2) is 30.3 Å². The Morgan fingerprint density at radius 1 is 0.893 bits per heavy atom. The number of hydrogen-bond donors (Lipinski definition) is 0. The van der Waals surface area contributed by atoms with Crippen molar-refractivity contribution in [2.75, 3.05) is 6.61 Å². The number of carbonyl (C=O) groups is 1. The highest BCUT2D eigenvalue weighted by Gasteiger charge is 2.11. The number of unbranched alkanes of at least 4 members (excludes halogenated alkanes) is 1. The first-order valence-corrected chi connectivity index (χ1v) is 10.7. The Bertz CT molecular complexity index is 753. The maximum absolute atomic E-state index is 11.0. The van der Waals surface area contributed by atoms with Crippen molar-refractivity contribution in [2.24, 2.45) is 5.92 Å². The first-order valence-electron chi connectivity index (χ1n) is 10.7. The van der Waals surface area contributed by atoms with E-state index in [-0.39, 0.29) is 0 Å². The van der Waals surface area contributed by atoms with E-state index in [0.29, 0.717) is 5.92 Å². The van der Waals surface area contributed by atoms with Gasteiger partial charge >= 0.3 is 0 Å². The molecule has 2 aromatic carbocycles. The lowest BCUT2D eigenvalue weighted by Crippen LogP contribution is -2.09. The monoisotopic (exact) mass is 380 g/mol. The lowest BCUT2D eigenvalue weighted by molar-refractivity contribution is 0.112. The van der Waals surface area contributed by atoms with E-state index in [1.807, 2.05) is 26.0 Å². The number of carbonyl (C=O) groups excluding carboxylic acids is 1. The molecule has 0 spiro atoms. The highest BCUT2D eigenvalue weighted by molar-refractivity contribution is 5.76. The van der Waals surface area contributed by atoms with Crippen molar-refractivity contribution in [1.29, 1.82) is 0 Å². The molecule has 152 valence electrons. The molecule has 2 rings (SSSR count). The highest BCUT2D eigenvalue weighted by atomic mass is 16.5. The molecule has 0 aliphatic rings. The van der Waals surface area contributed by atoms with Crippen LogP contribution in [0.3, 0.4) is 0 Å². The van der Waals surface area contributed by atoms with Crippen LogP contribution in [0.1, 0.15) is 77.2 Å². The van der Waals surface area contributed by atoms with E-state index in [4.69, 9.17) is 4.74 Å². The van der Waals surface area contributed by atoms with Crippen molar-refractivity contribution < 1.29 is 9.53 Å². The Balaban J connectivity index is 1.91. The second kappa shape index (κ2) is 11.0. The van der Waals surface area contributed by atoms with Crippen LogP contribution in [0.4, 0.5) is 0 Å². The predicted molar refractivity (Wildman–Crippen MR) is 119 cm³/mol. The summed E-state index contributed by atoms with van der Waals surface area (Å²) < 4.78 is 6.09. The van der Waals surface area contributed by atoms with Crippen LogP contribution in [-0.4, -0.2) is 12.9 Å². The van der Waals surface area contributed by atoms with E-state index in [2.05, 4.69) is 39.0 Å². The van der Waals surface area contributed by atoms with E-state index >= 15 is 0 Å². The number of ether oxygens (including phenoxy) is 1. The van der Waals surface area contributed by atoms with Gasteiger partial charge in [0.25, 0.3) is 0 Å². The smallest absolute Gasteiger partial charge is 0.150 e. The largest absolute Gasteiger partial charge is 0.493 e. The Kier molecular flexibility index (Phi) is 8.76. The van der Waals surface area contributed by atoms with Crippen LogP contribution in [0.5, 0.6) is 5.75 Å². The van der Waals surface area contributed by atoms with Crippen molar-refractivity contribution >= 4 is 6.29 Å². The summed E-state index contributed by atoms with van der Waals surface area (Å²) in [5.41, 5.74) is 7.02. The molecule has 2 aromatic rings. The minimum atomic E-state index is 0.713. The Morgan fingerprint density at radius 3 is 2.18 bits per heavy atom. The predicted octanol–water partition coefficient (Wildman–Crippen LogP) is 6.94. The van der Waals surface area contributed by atoms with Gasteiger partial charge in [-0.25, -0.2) is 0 Å². The third kappa shape index (κ3) is 6.51. The molecular formula is C26H36O2. The fraction of sp³-hybridized carbons (Fsp3) is 0.500. The van der Waals surface area contributed by atoms with Gasteiger partial charge in [0.05, 0.1) is 6.61 Å². The van der Waals surface area contributed by atoms with Crippen molar-refractivity contribution in [3.63, 3.8) is 0 Å². The molecule has 0 fully saturated rings. The van der Waals surface area contributed by atoms with E-state index in [1.165, 1.54) is 42.4 Å². The molecule has 0 aliphatic carbocycles. The molecule has 0 N–H and O–H groups in total. The average molecular weight is 381 g/mol. The molecule has 0 radical (unpaired) electrons. The van der Waals surface area contributed by atoms with Gasteiger partial charge in [0.15, 0.2) is 0 Å². The van der Waals surface area contributed by atoms with Gasteiger partial charge in [0.2, 0.25) is 0 Å². The Labute approximate surface area is 171 Å². The van der Waals surface area contributed by atoms with Crippen LogP contribution in [0, 0.1) is 33.6 Å². The van der Waals surface area contributed by atoms with E-state index in [1.54, 1.807) is 0 Å². The normalized spacial score (nSPS) is 12.0. The van der Waals surface area contributed by atoms with Gasteiger partial charge in [-0.15, -0.1) is 0 Å². The first kappa shape index (κ1) is 22.2. The van der Waals surface area contributed by atoms with Gasteiger partial charge < -0.3 is 4.74 Å². The maximum Gasteiger partial charge on any atom is 0.150 e. The summed E-state index contributed by atoms with van der Waals surface area (Å²) in [6.07, 6.45) is 8.14. The van der Waals surface area contributed by atoms with Crippen LogP contribution >= 0.6 is 0 Å². The summed E-state index contributed by atoms with van der Waals surface area (Å²) in [4.78, 5) is 11.0. The van der Waals surface area contributed by atoms with E-state index in [0.717, 1.165) is 48.2 Å². The summed E-state index contributed by atoms with van der Waals surface area (Å²) in [6.45, 7) is 11.4. The SMILES string of the molecule is CCCC[C@@H](CCCOc1c(C)cc(C=O)cc1C)Cc1ccc(C)c(C)c1. The standard InChI is InChI=1S/C26H36O2/c1-6-7-9-23(17-24-12-11-19(2)20(3)14-24)10-8-13-28-26-21(4)15-25(18-27)16-22(26)5/h11-12,14-16,18,23H,6-10,13,17H2,1-5H3/t23-/m0/s1. The fourth-order valence-electron chi connectivity index (χ4n) is 3.93. The number of benzene rings is 2. The Morgan fingerprint density at radius 2 is 1.57 bits per heavy atom. The number of hydrogen-bond acceptors (Lipinski definition) is 2. The van der Waals surface area contributed by atoms with E-state index < -0.39 is 0 Å². The molecule has 0 saturated carbocycles. The zero-order valence-electron chi connectivity index (χ0n) is 18.3. The van der Waals surface area contributed by atoms with Gasteiger partial charge in [-0.1, -0.05) is 44.4 Å². The van der Waals surface area contributed by atoms with Gasteiger partial charge in [-0.2, -0.15) is 0 Å². The highest BCUT2D eigenvalue weighted by Crippen LogP contribution is 2.26. The van der Waals surface area contributed by atoms with Crippen LogP contribution < -0.4 is 4.74 Å². The minimum Gasteiger partial charge on any atom is -0.493 e. The zero-order chi connectivity index (χ0) is 20.5. The van der Waals surface area contributed by atoms with Gasteiger partial charge in [0, 0.05) is 5.56 Å². The van der Waals surface area contributed by atoms with Gasteiger partial charge in [-0.3, -0.25) is 4.79 Å². The minimum absolute atomic E-state index is 0.713.